The Morgan fingerprint density at radius 2 is 1.67 bits per heavy atom. The Hall–Kier alpha value is -4.08. The van der Waals surface area contributed by atoms with Crippen molar-refractivity contribution in [2.24, 2.45) is 13.0 Å². The van der Waals surface area contributed by atoms with E-state index in [0.29, 0.717) is 28.5 Å². The molecule has 0 bridgehead atoms. The first-order chi connectivity index (χ1) is 20.9. The minimum Gasteiger partial charge on any atom is -0.340 e. The van der Waals surface area contributed by atoms with E-state index in [9.17, 15) is 14.9 Å². The number of anilines is 1. The molecule has 0 atom stereocenters. The van der Waals surface area contributed by atoms with Crippen molar-refractivity contribution in [3.05, 3.63) is 47.5 Å². The topological polar surface area (TPSA) is 127 Å². The number of hydrogen-bond donors (Lipinski definition) is 1. The molecule has 3 aromatic rings. The number of piperazine rings is 1. The molecule has 1 aromatic carbocycles. The number of benzene rings is 1. The van der Waals surface area contributed by atoms with Crippen LogP contribution in [-0.4, -0.2) is 98.4 Å². The second kappa shape index (κ2) is 12.7. The van der Waals surface area contributed by atoms with Crippen molar-refractivity contribution in [2.75, 3.05) is 51.3 Å². The van der Waals surface area contributed by atoms with E-state index in [2.05, 4.69) is 37.2 Å². The zero-order valence-electron chi connectivity index (χ0n) is 25.1. The Bertz CT molecular complexity index is 1490. The van der Waals surface area contributed by atoms with Crippen LogP contribution in [0.3, 0.4) is 0 Å². The van der Waals surface area contributed by atoms with Crippen LogP contribution in [0.25, 0.3) is 11.2 Å². The number of nitriles is 1. The third-order valence-electron chi connectivity index (χ3n) is 9.16. The second-order valence-electron chi connectivity index (χ2n) is 12.1. The number of aromatic nitrogens is 4. The van der Waals surface area contributed by atoms with Crippen molar-refractivity contribution in [3.8, 4) is 6.07 Å². The molecule has 0 unspecified atom stereocenters. The van der Waals surface area contributed by atoms with Gasteiger partial charge < -0.3 is 14.4 Å². The van der Waals surface area contributed by atoms with Crippen LogP contribution in [-0.2, 0) is 18.4 Å². The molecular formula is C31H40N10O2. The van der Waals surface area contributed by atoms with Gasteiger partial charge >= 0.3 is 0 Å². The number of aryl methyl sites for hydroxylation is 1. The van der Waals surface area contributed by atoms with Gasteiger partial charge in [-0.25, -0.2) is 4.98 Å². The maximum absolute atomic E-state index is 13.5. The molecule has 2 aliphatic heterocycles. The fourth-order valence-electron chi connectivity index (χ4n) is 6.51. The summed E-state index contributed by atoms with van der Waals surface area (Å²) in [6.45, 7) is 6.16. The van der Waals surface area contributed by atoms with Crippen molar-refractivity contribution in [2.45, 2.75) is 51.1 Å². The number of nitrogens with one attached hydrogen (secondary N) is 1. The lowest BCUT2D eigenvalue weighted by molar-refractivity contribution is -0.138. The summed E-state index contributed by atoms with van der Waals surface area (Å²) in [4.78, 5) is 46.5. The lowest BCUT2D eigenvalue weighted by Crippen LogP contribution is -2.50. The van der Waals surface area contributed by atoms with Gasteiger partial charge in [-0.3, -0.25) is 24.9 Å². The molecule has 1 N–H and O–H groups in total. The quantitative estimate of drug-likeness (QED) is 0.416. The predicted octanol–water partition coefficient (Wildman–Crippen LogP) is 2.31. The normalized spacial score (nSPS) is 19.0. The van der Waals surface area contributed by atoms with Crippen LogP contribution in [0.15, 0.2) is 30.6 Å². The third-order valence-corrected chi connectivity index (χ3v) is 9.16. The summed E-state index contributed by atoms with van der Waals surface area (Å²) in [5.74, 6) is 0.709. The zero-order chi connectivity index (χ0) is 29.9. The lowest BCUT2D eigenvalue weighted by Gasteiger charge is -2.37. The monoisotopic (exact) mass is 584 g/mol. The molecule has 2 aromatic heterocycles. The Morgan fingerprint density at radius 1 is 0.977 bits per heavy atom. The van der Waals surface area contributed by atoms with Gasteiger partial charge in [-0.05, 0) is 63.5 Å². The molecule has 12 heteroatoms. The summed E-state index contributed by atoms with van der Waals surface area (Å²) >= 11 is 0. The molecule has 12 nitrogen and oxygen atoms in total. The first-order valence-electron chi connectivity index (χ1n) is 15.4. The average Bonchev–Trinajstić information content (AvgIpc) is 3.70. The van der Waals surface area contributed by atoms with Gasteiger partial charge in [0.15, 0.2) is 17.0 Å². The summed E-state index contributed by atoms with van der Waals surface area (Å²) < 4.78 is 1.75. The molecule has 43 heavy (non-hydrogen) atoms. The van der Waals surface area contributed by atoms with Gasteiger partial charge in [0, 0.05) is 51.3 Å². The first-order valence-corrected chi connectivity index (χ1v) is 15.4. The average molecular weight is 585 g/mol. The molecule has 1 saturated carbocycles. The summed E-state index contributed by atoms with van der Waals surface area (Å²) in [6, 6.07) is 9.83. The minimum absolute atomic E-state index is 0.0421. The molecule has 4 heterocycles. The number of nitrogens with zero attached hydrogens (tertiary/aromatic N) is 9. The number of likely N-dealkylation sites (N-methyl/N-ethyl adjacent to an activating group) is 1. The summed E-state index contributed by atoms with van der Waals surface area (Å²) in [5.41, 5.74) is 5.88. The lowest BCUT2D eigenvalue weighted by atomic mass is 9.94. The maximum atomic E-state index is 13.5. The molecule has 3 fully saturated rings. The van der Waals surface area contributed by atoms with E-state index >= 15 is 0 Å². The molecular weight excluding hydrogens is 544 g/mol. The van der Waals surface area contributed by atoms with Crippen molar-refractivity contribution in [1.82, 2.24) is 39.6 Å². The van der Waals surface area contributed by atoms with E-state index < -0.39 is 0 Å². The van der Waals surface area contributed by atoms with Crippen LogP contribution in [0, 0.1) is 17.2 Å². The smallest absolute Gasteiger partial charge is 0.269 e. The standard InChI is InChI=1S/C31H40N10O2/c1-37-15-17-40(18-16-37)31(43)24-11-13-39(14-12-24)20-22-7-9-23(10-8-22)30(42)36-41(25-5-3-4-6-25)29-27-28(38(2)21-33-27)34-26(19-32)35-29/h7-10,21,24-25H,3-6,11-18,20H2,1-2H3,(H,36,42). The van der Waals surface area contributed by atoms with Crippen LogP contribution in [0.4, 0.5) is 5.82 Å². The van der Waals surface area contributed by atoms with Crippen LogP contribution in [0.2, 0.25) is 0 Å². The van der Waals surface area contributed by atoms with Crippen LogP contribution >= 0.6 is 0 Å². The molecule has 226 valence electrons. The van der Waals surface area contributed by atoms with Gasteiger partial charge in [0.1, 0.15) is 6.07 Å². The van der Waals surface area contributed by atoms with Gasteiger partial charge in [-0.2, -0.15) is 15.2 Å². The van der Waals surface area contributed by atoms with Crippen LogP contribution < -0.4 is 10.4 Å². The number of hydrazine groups is 1. The Kier molecular flexibility index (Phi) is 8.54. The maximum Gasteiger partial charge on any atom is 0.269 e. The van der Waals surface area contributed by atoms with Crippen molar-refractivity contribution >= 4 is 28.8 Å². The molecule has 2 amide bonds. The number of carbonyl (C=O) groups excluding carboxylic acids is 2. The Labute approximate surface area is 252 Å². The highest BCUT2D eigenvalue weighted by atomic mass is 16.2. The largest absolute Gasteiger partial charge is 0.340 e. The number of hydrogen-bond acceptors (Lipinski definition) is 9. The molecule has 0 radical (unpaired) electrons. The Balaban J connectivity index is 1.09. The summed E-state index contributed by atoms with van der Waals surface area (Å²) in [5, 5.41) is 11.4. The SMILES string of the molecule is CN1CCN(C(=O)C2CCN(Cc3ccc(C(=O)NN(c4nc(C#N)nc5c4ncn5C)C4CCCC4)cc3)CC2)CC1. The number of amides is 2. The predicted molar refractivity (Wildman–Crippen MR) is 162 cm³/mol. The van der Waals surface area contributed by atoms with Gasteiger partial charge in [-0.1, -0.05) is 25.0 Å². The zero-order valence-corrected chi connectivity index (χ0v) is 25.1. The number of piperidine rings is 1. The van der Waals surface area contributed by atoms with E-state index in [1.807, 2.05) is 42.3 Å². The second-order valence-corrected chi connectivity index (χ2v) is 12.1. The van der Waals surface area contributed by atoms with Crippen molar-refractivity contribution in [3.63, 3.8) is 0 Å². The van der Waals surface area contributed by atoms with Crippen molar-refractivity contribution in [1.29, 1.82) is 5.26 Å². The van der Waals surface area contributed by atoms with E-state index in [-0.39, 0.29) is 23.7 Å². The van der Waals surface area contributed by atoms with E-state index in [1.54, 1.807) is 15.9 Å². The van der Waals surface area contributed by atoms with Crippen LogP contribution in [0.1, 0.15) is 60.3 Å². The van der Waals surface area contributed by atoms with Gasteiger partial charge in [-0.15, -0.1) is 0 Å². The van der Waals surface area contributed by atoms with Gasteiger partial charge in [0.25, 0.3) is 5.91 Å². The fourth-order valence-corrected chi connectivity index (χ4v) is 6.51. The summed E-state index contributed by atoms with van der Waals surface area (Å²) in [7, 11) is 3.93. The molecule has 2 saturated heterocycles. The summed E-state index contributed by atoms with van der Waals surface area (Å²) in [6.07, 6.45) is 7.38. The highest BCUT2D eigenvalue weighted by Gasteiger charge is 2.31. The van der Waals surface area contributed by atoms with Crippen LogP contribution in [0.5, 0.6) is 0 Å². The van der Waals surface area contributed by atoms with E-state index in [1.165, 1.54) is 0 Å². The number of carbonyl (C=O) groups is 2. The van der Waals surface area contributed by atoms with Gasteiger partial charge in [0.2, 0.25) is 11.7 Å². The number of likely N-dealkylation sites (tertiary alicyclic amines) is 1. The number of fused-ring (bicyclic) bond motifs is 1. The first kappa shape index (κ1) is 29.0. The third kappa shape index (κ3) is 6.33. The van der Waals surface area contributed by atoms with E-state index in [4.69, 9.17) is 0 Å². The highest BCUT2D eigenvalue weighted by Crippen LogP contribution is 2.30. The molecule has 3 aliphatic rings. The minimum atomic E-state index is -0.233. The molecule has 6 rings (SSSR count). The highest BCUT2D eigenvalue weighted by molar-refractivity contribution is 5.96. The van der Waals surface area contributed by atoms with E-state index in [0.717, 1.165) is 89.9 Å². The number of imidazole rings is 1. The number of rotatable bonds is 7. The molecule has 1 aliphatic carbocycles. The van der Waals surface area contributed by atoms with Gasteiger partial charge in [0.05, 0.1) is 12.4 Å². The fraction of sp³-hybridized carbons (Fsp3) is 0.548. The Morgan fingerprint density at radius 3 is 2.35 bits per heavy atom. The van der Waals surface area contributed by atoms with Crippen molar-refractivity contribution < 1.29 is 9.59 Å². The molecule has 0 spiro atoms.